The summed E-state index contributed by atoms with van der Waals surface area (Å²) in [5.74, 6) is 1.39. The lowest BCUT2D eigenvalue weighted by atomic mass is 10.1. The molecule has 4 nitrogen and oxygen atoms in total. The minimum absolute atomic E-state index is 0.331. The molecule has 134 valence electrons. The Morgan fingerprint density at radius 1 is 0.720 bits per heavy atom. The van der Waals surface area contributed by atoms with Gasteiger partial charge >= 0.3 is 5.97 Å². The first kappa shape index (κ1) is 18.8. The van der Waals surface area contributed by atoms with Crippen LogP contribution in [0.2, 0.25) is 0 Å². The number of benzene rings is 2. The van der Waals surface area contributed by atoms with Crippen LogP contribution in [0.4, 0.5) is 0 Å². The van der Waals surface area contributed by atoms with Crippen LogP contribution in [-0.4, -0.2) is 26.3 Å². The van der Waals surface area contributed by atoms with E-state index in [0.717, 1.165) is 37.4 Å². The highest BCUT2D eigenvalue weighted by atomic mass is 16.5. The summed E-state index contributed by atoms with van der Waals surface area (Å²) in [6.07, 6.45) is 5.60. The lowest BCUT2D eigenvalue weighted by Crippen LogP contribution is -2.02. The first-order valence-electron chi connectivity index (χ1n) is 8.78. The fourth-order valence-electron chi connectivity index (χ4n) is 2.44. The van der Waals surface area contributed by atoms with Crippen LogP contribution >= 0.6 is 0 Å². The number of rotatable bonds is 11. The Labute approximate surface area is 149 Å². The SMILES string of the molecule is COC(=O)c1ccc(OCCCCCCCOc2ccccc2)cc1. The zero-order valence-electron chi connectivity index (χ0n) is 14.8. The van der Waals surface area contributed by atoms with Gasteiger partial charge in [0, 0.05) is 0 Å². The highest BCUT2D eigenvalue weighted by molar-refractivity contribution is 5.89. The van der Waals surface area contributed by atoms with Crippen molar-refractivity contribution >= 4 is 5.97 Å². The first-order chi connectivity index (χ1) is 12.3. The number of methoxy groups -OCH3 is 1. The van der Waals surface area contributed by atoms with Crippen molar-refractivity contribution in [3.63, 3.8) is 0 Å². The topological polar surface area (TPSA) is 44.8 Å². The number of carbonyl (C=O) groups excluding carboxylic acids is 1. The molecule has 0 heterocycles. The van der Waals surface area contributed by atoms with Crippen molar-refractivity contribution in [3.05, 3.63) is 60.2 Å². The molecule has 0 bridgehead atoms. The lowest BCUT2D eigenvalue weighted by Gasteiger charge is -2.07. The minimum Gasteiger partial charge on any atom is -0.494 e. The average molecular weight is 342 g/mol. The summed E-state index contributed by atoms with van der Waals surface area (Å²) in [7, 11) is 1.38. The van der Waals surface area contributed by atoms with E-state index >= 15 is 0 Å². The number of esters is 1. The summed E-state index contributed by atoms with van der Waals surface area (Å²) in [5, 5.41) is 0. The highest BCUT2D eigenvalue weighted by Gasteiger charge is 2.04. The molecule has 0 aliphatic carbocycles. The summed E-state index contributed by atoms with van der Waals surface area (Å²) >= 11 is 0. The van der Waals surface area contributed by atoms with E-state index in [2.05, 4.69) is 4.74 Å². The predicted octanol–water partition coefficient (Wildman–Crippen LogP) is 4.88. The molecule has 0 fully saturated rings. The van der Waals surface area contributed by atoms with Crippen molar-refractivity contribution in [1.82, 2.24) is 0 Å². The summed E-state index contributed by atoms with van der Waals surface area (Å²) in [5.41, 5.74) is 0.535. The Kier molecular flexibility index (Phi) is 8.39. The van der Waals surface area contributed by atoms with Crippen LogP contribution in [-0.2, 0) is 4.74 Å². The Morgan fingerprint density at radius 3 is 1.80 bits per heavy atom. The molecule has 2 aromatic carbocycles. The molecule has 0 spiro atoms. The largest absolute Gasteiger partial charge is 0.494 e. The van der Waals surface area contributed by atoms with Gasteiger partial charge in [0.05, 0.1) is 25.9 Å². The van der Waals surface area contributed by atoms with Crippen LogP contribution < -0.4 is 9.47 Å². The monoisotopic (exact) mass is 342 g/mol. The van der Waals surface area contributed by atoms with E-state index in [1.54, 1.807) is 24.3 Å². The van der Waals surface area contributed by atoms with E-state index in [9.17, 15) is 4.79 Å². The van der Waals surface area contributed by atoms with Gasteiger partial charge in [0.1, 0.15) is 11.5 Å². The summed E-state index contributed by atoms with van der Waals surface area (Å²) in [6.45, 7) is 1.46. The van der Waals surface area contributed by atoms with Gasteiger partial charge in [-0.3, -0.25) is 0 Å². The van der Waals surface area contributed by atoms with Crippen LogP contribution in [0.3, 0.4) is 0 Å². The standard InChI is InChI=1S/C21H26O4/c1-23-21(22)18-12-14-20(15-13-18)25-17-9-4-2-3-8-16-24-19-10-6-5-7-11-19/h5-7,10-15H,2-4,8-9,16-17H2,1H3. The smallest absolute Gasteiger partial charge is 0.337 e. The van der Waals surface area contributed by atoms with Gasteiger partial charge in [-0.25, -0.2) is 4.79 Å². The van der Waals surface area contributed by atoms with E-state index in [1.165, 1.54) is 20.0 Å². The second-order valence-corrected chi connectivity index (χ2v) is 5.79. The molecule has 2 aromatic rings. The van der Waals surface area contributed by atoms with Gasteiger partial charge < -0.3 is 14.2 Å². The number of ether oxygens (including phenoxy) is 3. The third kappa shape index (κ3) is 7.29. The molecule has 0 aromatic heterocycles. The third-order valence-electron chi connectivity index (χ3n) is 3.84. The number of para-hydroxylation sites is 1. The Balaban J connectivity index is 1.47. The summed E-state index contributed by atoms with van der Waals surface area (Å²) < 4.78 is 16.0. The van der Waals surface area contributed by atoms with Gasteiger partial charge in [-0.05, 0) is 49.2 Å². The Hall–Kier alpha value is -2.49. The van der Waals surface area contributed by atoms with Gasteiger partial charge in [-0.15, -0.1) is 0 Å². The third-order valence-corrected chi connectivity index (χ3v) is 3.84. The van der Waals surface area contributed by atoms with Gasteiger partial charge in [-0.2, -0.15) is 0 Å². The molecular formula is C21H26O4. The molecule has 0 N–H and O–H groups in total. The zero-order valence-corrected chi connectivity index (χ0v) is 14.8. The number of carbonyl (C=O) groups is 1. The van der Waals surface area contributed by atoms with E-state index in [-0.39, 0.29) is 5.97 Å². The van der Waals surface area contributed by atoms with Crippen LogP contribution in [0.15, 0.2) is 54.6 Å². The van der Waals surface area contributed by atoms with Crippen molar-refractivity contribution < 1.29 is 19.0 Å². The zero-order chi connectivity index (χ0) is 17.7. The number of unbranched alkanes of at least 4 members (excludes halogenated alkanes) is 4. The van der Waals surface area contributed by atoms with Crippen molar-refractivity contribution in [3.8, 4) is 11.5 Å². The van der Waals surface area contributed by atoms with Gasteiger partial charge in [0.2, 0.25) is 0 Å². The fourth-order valence-corrected chi connectivity index (χ4v) is 2.44. The lowest BCUT2D eigenvalue weighted by molar-refractivity contribution is 0.0600. The Bertz CT molecular complexity index is 608. The van der Waals surface area contributed by atoms with Crippen molar-refractivity contribution in [1.29, 1.82) is 0 Å². The van der Waals surface area contributed by atoms with E-state index in [0.29, 0.717) is 12.2 Å². The second-order valence-electron chi connectivity index (χ2n) is 5.79. The first-order valence-corrected chi connectivity index (χ1v) is 8.78. The number of hydrogen-bond acceptors (Lipinski definition) is 4. The molecule has 0 saturated carbocycles. The molecule has 4 heteroatoms. The van der Waals surface area contributed by atoms with Gasteiger partial charge in [-0.1, -0.05) is 37.5 Å². The van der Waals surface area contributed by atoms with E-state index in [4.69, 9.17) is 9.47 Å². The molecular weight excluding hydrogens is 316 g/mol. The van der Waals surface area contributed by atoms with Gasteiger partial charge in [0.25, 0.3) is 0 Å². The maximum absolute atomic E-state index is 11.3. The molecule has 0 saturated heterocycles. The summed E-state index contributed by atoms with van der Waals surface area (Å²) in [6, 6.07) is 16.9. The minimum atomic E-state index is -0.331. The fraction of sp³-hybridized carbons (Fsp3) is 0.381. The average Bonchev–Trinajstić information content (AvgIpc) is 2.67. The second kappa shape index (κ2) is 11.1. The Morgan fingerprint density at radius 2 is 1.24 bits per heavy atom. The molecule has 0 aliphatic heterocycles. The van der Waals surface area contributed by atoms with Gasteiger partial charge in [0.15, 0.2) is 0 Å². The van der Waals surface area contributed by atoms with Crippen LogP contribution in [0, 0.1) is 0 Å². The normalized spacial score (nSPS) is 10.3. The van der Waals surface area contributed by atoms with E-state index in [1.807, 2.05) is 30.3 Å². The maximum atomic E-state index is 11.3. The highest BCUT2D eigenvalue weighted by Crippen LogP contribution is 2.14. The van der Waals surface area contributed by atoms with Crippen molar-refractivity contribution in [2.45, 2.75) is 32.1 Å². The number of hydrogen-bond donors (Lipinski definition) is 0. The molecule has 0 unspecified atom stereocenters. The summed E-state index contributed by atoms with van der Waals surface area (Å²) in [4.78, 5) is 11.3. The molecule has 0 aliphatic rings. The predicted molar refractivity (Wildman–Crippen MR) is 98.3 cm³/mol. The molecule has 0 amide bonds. The van der Waals surface area contributed by atoms with Crippen LogP contribution in [0.5, 0.6) is 11.5 Å². The molecule has 0 radical (unpaired) electrons. The van der Waals surface area contributed by atoms with E-state index < -0.39 is 0 Å². The van der Waals surface area contributed by atoms with Crippen molar-refractivity contribution in [2.24, 2.45) is 0 Å². The molecule has 0 atom stereocenters. The molecule has 2 rings (SSSR count). The van der Waals surface area contributed by atoms with Crippen LogP contribution in [0.25, 0.3) is 0 Å². The van der Waals surface area contributed by atoms with Crippen molar-refractivity contribution in [2.75, 3.05) is 20.3 Å². The maximum Gasteiger partial charge on any atom is 0.337 e. The quantitative estimate of drug-likeness (QED) is 0.431. The van der Waals surface area contributed by atoms with Crippen LogP contribution in [0.1, 0.15) is 42.5 Å². The molecule has 25 heavy (non-hydrogen) atoms.